The van der Waals surface area contributed by atoms with Crippen LogP contribution in [0, 0.1) is 5.92 Å². The fourth-order valence-corrected chi connectivity index (χ4v) is 3.13. The Kier molecular flexibility index (Phi) is 4.90. The van der Waals surface area contributed by atoms with Gasteiger partial charge in [-0.25, -0.2) is 4.98 Å². The summed E-state index contributed by atoms with van der Waals surface area (Å²) >= 11 is 1.44. The van der Waals surface area contributed by atoms with Crippen LogP contribution in [0.25, 0.3) is 0 Å². The van der Waals surface area contributed by atoms with E-state index in [0.717, 1.165) is 24.6 Å². The third-order valence-corrected chi connectivity index (χ3v) is 4.46. The van der Waals surface area contributed by atoms with Gasteiger partial charge >= 0.3 is 0 Å². The maximum Gasteiger partial charge on any atom is 0.270 e. The molecule has 1 aromatic heterocycles. The molecule has 0 radical (unpaired) electrons. The molecule has 2 atom stereocenters. The van der Waals surface area contributed by atoms with Crippen LogP contribution < -0.4 is 11.1 Å². The van der Waals surface area contributed by atoms with Crippen LogP contribution in [0.4, 0.5) is 0 Å². The van der Waals surface area contributed by atoms with Crippen LogP contribution in [0.5, 0.6) is 0 Å². The standard InChI is InChI=1S/C13H22N4OS/c1-9(14)13-16-11(8-19-13)12(18)15-6-10-4-3-5-17(2)7-10/h8-10H,3-7,14H2,1-2H3,(H,15,18). The first-order valence-corrected chi connectivity index (χ1v) is 7.62. The number of hydrogen-bond donors (Lipinski definition) is 2. The predicted octanol–water partition coefficient (Wildman–Crippen LogP) is 1.23. The molecule has 1 aliphatic heterocycles. The average molecular weight is 282 g/mol. The Hall–Kier alpha value is -0.980. The molecule has 0 aliphatic carbocycles. The van der Waals surface area contributed by atoms with Gasteiger partial charge in [0.1, 0.15) is 10.7 Å². The van der Waals surface area contributed by atoms with Gasteiger partial charge in [0.2, 0.25) is 0 Å². The molecule has 6 heteroatoms. The monoisotopic (exact) mass is 282 g/mol. The smallest absolute Gasteiger partial charge is 0.270 e. The lowest BCUT2D eigenvalue weighted by atomic mass is 9.98. The number of carbonyl (C=O) groups is 1. The number of rotatable bonds is 4. The molecule has 106 valence electrons. The highest BCUT2D eigenvalue weighted by molar-refractivity contribution is 7.09. The molecule has 2 rings (SSSR count). The van der Waals surface area contributed by atoms with Gasteiger partial charge in [0.15, 0.2) is 0 Å². The molecule has 0 aromatic carbocycles. The minimum atomic E-state index is -0.112. The lowest BCUT2D eigenvalue weighted by Crippen LogP contribution is -2.39. The van der Waals surface area contributed by atoms with E-state index in [1.807, 2.05) is 6.92 Å². The molecule has 2 heterocycles. The zero-order chi connectivity index (χ0) is 13.8. The van der Waals surface area contributed by atoms with Gasteiger partial charge in [-0.2, -0.15) is 0 Å². The van der Waals surface area contributed by atoms with Gasteiger partial charge in [-0.1, -0.05) is 0 Å². The van der Waals surface area contributed by atoms with Crippen LogP contribution in [-0.2, 0) is 0 Å². The van der Waals surface area contributed by atoms with E-state index in [0.29, 0.717) is 11.6 Å². The second kappa shape index (κ2) is 6.45. The maximum absolute atomic E-state index is 12.0. The minimum Gasteiger partial charge on any atom is -0.350 e. The van der Waals surface area contributed by atoms with Crippen molar-refractivity contribution in [3.63, 3.8) is 0 Å². The van der Waals surface area contributed by atoms with Crippen LogP contribution in [-0.4, -0.2) is 42.5 Å². The first-order valence-electron chi connectivity index (χ1n) is 6.74. The molecule has 1 fully saturated rings. The summed E-state index contributed by atoms with van der Waals surface area (Å²) < 4.78 is 0. The summed E-state index contributed by atoms with van der Waals surface area (Å²) in [6.45, 7) is 4.82. The SMILES string of the molecule is CC(N)c1nc(C(=O)NCC2CCCN(C)C2)cs1. The molecule has 1 saturated heterocycles. The number of hydrogen-bond acceptors (Lipinski definition) is 5. The quantitative estimate of drug-likeness (QED) is 0.871. The van der Waals surface area contributed by atoms with Crippen molar-refractivity contribution in [2.45, 2.75) is 25.8 Å². The van der Waals surface area contributed by atoms with Crippen LogP contribution >= 0.6 is 11.3 Å². The van der Waals surface area contributed by atoms with E-state index in [9.17, 15) is 4.79 Å². The normalized spacial score (nSPS) is 22.2. The van der Waals surface area contributed by atoms with Crippen molar-refractivity contribution in [2.24, 2.45) is 11.7 Å². The number of piperidine rings is 1. The first-order chi connectivity index (χ1) is 9.06. The van der Waals surface area contributed by atoms with Crippen LogP contribution in [0.15, 0.2) is 5.38 Å². The molecule has 1 aliphatic rings. The molecular formula is C13H22N4OS. The zero-order valence-corrected chi connectivity index (χ0v) is 12.4. The highest BCUT2D eigenvalue weighted by Crippen LogP contribution is 2.17. The topological polar surface area (TPSA) is 71.2 Å². The van der Waals surface area contributed by atoms with Crippen molar-refractivity contribution in [1.82, 2.24) is 15.2 Å². The number of amides is 1. The maximum atomic E-state index is 12.0. The van der Waals surface area contributed by atoms with Gasteiger partial charge in [0.25, 0.3) is 5.91 Å². The lowest BCUT2D eigenvalue weighted by molar-refractivity contribution is 0.0932. The van der Waals surface area contributed by atoms with E-state index in [1.165, 1.54) is 24.2 Å². The van der Waals surface area contributed by atoms with Crippen molar-refractivity contribution >= 4 is 17.2 Å². The Morgan fingerprint density at radius 2 is 2.53 bits per heavy atom. The Balaban J connectivity index is 1.83. The van der Waals surface area contributed by atoms with E-state index < -0.39 is 0 Å². The van der Waals surface area contributed by atoms with E-state index in [-0.39, 0.29) is 11.9 Å². The van der Waals surface area contributed by atoms with Crippen molar-refractivity contribution in [3.05, 3.63) is 16.1 Å². The molecule has 1 aromatic rings. The van der Waals surface area contributed by atoms with Gasteiger partial charge in [-0.05, 0) is 39.3 Å². The molecular weight excluding hydrogens is 260 g/mol. The van der Waals surface area contributed by atoms with E-state index in [1.54, 1.807) is 5.38 Å². The number of likely N-dealkylation sites (tertiary alicyclic amines) is 1. The minimum absolute atomic E-state index is 0.0867. The van der Waals surface area contributed by atoms with Crippen LogP contribution in [0.2, 0.25) is 0 Å². The largest absolute Gasteiger partial charge is 0.350 e. The highest BCUT2D eigenvalue weighted by atomic mass is 32.1. The molecule has 1 amide bonds. The zero-order valence-electron chi connectivity index (χ0n) is 11.6. The van der Waals surface area contributed by atoms with Crippen LogP contribution in [0.1, 0.15) is 41.3 Å². The fraction of sp³-hybridized carbons (Fsp3) is 0.692. The Bertz CT molecular complexity index is 432. The van der Waals surface area contributed by atoms with E-state index >= 15 is 0 Å². The fourth-order valence-electron chi connectivity index (χ4n) is 2.37. The summed E-state index contributed by atoms with van der Waals surface area (Å²) in [4.78, 5) is 18.6. The molecule has 3 N–H and O–H groups in total. The average Bonchev–Trinajstić information content (AvgIpc) is 2.86. The van der Waals surface area contributed by atoms with Crippen LogP contribution in [0.3, 0.4) is 0 Å². The Labute approximate surface area is 118 Å². The second-order valence-electron chi connectivity index (χ2n) is 5.34. The summed E-state index contributed by atoms with van der Waals surface area (Å²) in [6.07, 6.45) is 2.40. The predicted molar refractivity (Wildman–Crippen MR) is 77.3 cm³/mol. The molecule has 2 unspecified atom stereocenters. The number of nitrogens with two attached hydrogens (primary N) is 1. The third kappa shape index (κ3) is 3.99. The van der Waals surface area contributed by atoms with Gasteiger partial charge in [0.05, 0.1) is 6.04 Å². The molecule has 19 heavy (non-hydrogen) atoms. The molecule has 0 saturated carbocycles. The van der Waals surface area contributed by atoms with Gasteiger partial charge in [-0.15, -0.1) is 11.3 Å². The first kappa shape index (κ1) is 14.4. The number of nitrogens with zero attached hydrogens (tertiary/aromatic N) is 2. The molecule has 5 nitrogen and oxygen atoms in total. The number of thiazole rings is 1. The molecule has 0 spiro atoms. The lowest BCUT2D eigenvalue weighted by Gasteiger charge is -2.29. The van der Waals surface area contributed by atoms with E-state index in [4.69, 9.17) is 5.73 Å². The van der Waals surface area contributed by atoms with Gasteiger partial charge in [-0.3, -0.25) is 4.79 Å². The van der Waals surface area contributed by atoms with Crippen molar-refractivity contribution in [2.75, 3.05) is 26.7 Å². The summed E-state index contributed by atoms with van der Waals surface area (Å²) in [7, 11) is 2.13. The number of carbonyl (C=O) groups excluding carboxylic acids is 1. The summed E-state index contributed by atoms with van der Waals surface area (Å²) in [5, 5.41) is 5.57. The van der Waals surface area contributed by atoms with E-state index in [2.05, 4.69) is 22.2 Å². The third-order valence-electron chi connectivity index (χ3n) is 3.42. The van der Waals surface area contributed by atoms with Crippen molar-refractivity contribution in [3.8, 4) is 0 Å². The van der Waals surface area contributed by atoms with Gasteiger partial charge in [0, 0.05) is 18.5 Å². The molecule has 0 bridgehead atoms. The van der Waals surface area contributed by atoms with Crippen molar-refractivity contribution in [1.29, 1.82) is 0 Å². The number of aromatic nitrogens is 1. The Morgan fingerprint density at radius 3 is 3.16 bits per heavy atom. The van der Waals surface area contributed by atoms with Crippen molar-refractivity contribution < 1.29 is 4.79 Å². The highest BCUT2D eigenvalue weighted by Gasteiger charge is 2.19. The second-order valence-corrected chi connectivity index (χ2v) is 6.23. The summed E-state index contributed by atoms with van der Waals surface area (Å²) in [5.41, 5.74) is 6.23. The number of nitrogens with one attached hydrogen (secondary N) is 1. The summed E-state index contributed by atoms with van der Waals surface area (Å²) in [6, 6.07) is -0.112. The summed E-state index contributed by atoms with van der Waals surface area (Å²) in [5.74, 6) is 0.464. The Morgan fingerprint density at radius 1 is 1.74 bits per heavy atom. The van der Waals surface area contributed by atoms with Gasteiger partial charge < -0.3 is 16.0 Å².